The summed E-state index contributed by atoms with van der Waals surface area (Å²) in [5.74, 6) is -0.0364. The van der Waals surface area contributed by atoms with Crippen molar-refractivity contribution in [2.75, 3.05) is 0 Å². The van der Waals surface area contributed by atoms with Crippen molar-refractivity contribution in [3.8, 4) is 5.69 Å². The molecular weight excluding hydrogens is 334 g/mol. The fraction of sp³-hybridized carbons (Fsp3) is 0.400. The SMILES string of the molecule is O=C(NCc1nn(-c2ccccc2)c2c1CCC2)C1=C(Cl)CCCC1. The Kier molecular flexibility index (Phi) is 4.62. The quantitative estimate of drug-likeness (QED) is 0.899. The molecular formula is C20H22ClN3O. The van der Waals surface area contributed by atoms with Gasteiger partial charge in [0.2, 0.25) is 5.91 Å². The molecule has 0 saturated heterocycles. The summed E-state index contributed by atoms with van der Waals surface area (Å²) in [6, 6.07) is 10.2. The van der Waals surface area contributed by atoms with Gasteiger partial charge in [0.1, 0.15) is 0 Å². The number of carbonyl (C=O) groups is 1. The van der Waals surface area contributed by atoms with E-state index in [1.54, 1.807) is 0 Å². The van der Waals surface area contributed by atoms with Gasteiger partial charge < -0.3 is 5.32 Å². The van der Waals surface area contributed by atoms with E-state index in [-0.39, 0.29) is 5.91 Å². The molecule has 1 heterocycles. The Morgan fingerprint density at radius 1 is 1.08 bits per heavy atom. The number of benzene rings is 1. The number of hydrogen-bond donors (Lipinski definition) is 1. The molecule has 0 unspecified atom stereocenters. The molecule has 5 heteroatoms. The zero-order valence-corrected chi connectivity index (χ0v) is 15.0. The van der Waals surface area contributed by atoms with Gasteiger partial charge in [0.05, 0.1) is 17.9 Å². The number of hydrogen-bond acceptors (Lipinski definition) is 2. The van der Waals surface area contributed by atoms with Crippen LogP contribution in [-0.4, -0.2) is 15.7 Å². The summed E-state index contributed by atoms with van der Waals surface area (Å²) in [6.45, 7) is 0.467. The van der Waals surface area contributed by atoms with Crippen LogP contribution in [0.5, 0.6) is 0 Å². The van der Waals surface area contributed by atoms with Crippen LogP contribution in [0.3, 0.4) is 0 Å². The maximum atomic E-state index is 12.5. The highest BCUT2D eigenvalue weighted by Gasteiger charge is 2.24. The molecule has 0 aliphatic heterocycles. The predicted octanol–water partition coefficient (Wildman–Crippen LogP) is 4.04. The van der Waals surface area contributed by atoms with Crippen molar-refractivity contribution in [2.24, 2.45) is 0 Å². The van der Waals surface area contributed by atoms with Gasteiger partial charge in [-0.25, -0.2) is 4.68 Å². The van der Waals surface area contributed by atoms with E-state index >= 15 is 0 Å². The van der Waals surface area contributed by atoms with Gasteiger partial charge in [-0.05, 0) is 62.6 Å². The normalized spacial score (nSPS) is 16.8. The number of aromatic nitrogens is 2. The topological polar surface area (TPSA) is 46.9 Å². The molecule has 1 aromatic carbocycles. The van der Waals surface area contributed by atoms with Gasteiger partial charge >= 0.3 is 0 Å². The number of carbonyl (C=O) groups excluding carboxylic acids is 1. The summed E-state index contributed by atoms with van der Waals surface area (Å²) in [4.78, 5) is 12.5. The molecule has 0 fully saturated rings. The molecule has 1 amide bonds. The molecule has 0 bridgehead atoms. The molecule has 2 aliphatic carbocycles. The van der Waals surface area contributed by atoms with E-state index in [1.807, 2.05) is 22.9 Å². The number of nitrogens with one attached hydrogen (secondary N) is 1. The van der Waals surface area contributed by atoms with Gasteiger partial charge in [0.15, 0.2) is 0 Å². The summed E-state index contributed by atoms with van der Waals surface area (Å²) < 4.78 is 2.04. The van der Waals surface area contributed by atoms with E-state index < -0.39 is 0 Å². The third kappa shape index (κ3) is 3.23. The van der Waals surface area contributed by atoms with E-state index in [9.17, 15) is 4.79 Å². The molecule has 0 atom stereocenters. The second-order valence-corrected chi connectivity index (χ2v) is 7.20. The van der Waals surface area contributed by atoms with Crippen molar-refractivity contribution in [1.29, 1.82) is 0 Å². The number of rotatable bonds is 4. The summed E-state index contributed by atoms with van der Waals surface area (Å²) in [7, 11) is 0. The zero-order valence-electron chi connectivity index (χ0n) is 14.2. The van der Waals surface area contributed by atoms with Crippen LogP contribution in [0.15, 0.2) is 40.9 Å². The first-order valence-corrected chi connectivity index (χ1v) is 9.42. The highest BCUT2D eigenvalue weighted by Crippen LogP contribution is 2.29. The average molecular weight is 356 g/mol. The number of amides is 1. The maximum Gasteiger partial charge on any atom is 0.248 e. The summed E-state index contributed by atoms with van der Waals surface area (Å²) in [6.07, 6.45) is 6.95. The summed E-state index contributed by atoms with van der Waals surface area (Å²) in [5, 5.41) is 8.55. The molecule has 2 aromatic rings. The summed E-state index contributed by atoms with van der Waals surface area (Å²) >= 11 is 6.24. The first-order chi connectivity index (χ1) is 12.2. The van der Waals surface area contributed by atoms with Gasteiger partial charge in [-0.2, -0.15) is 5.10 Å². The largest absolute Gasteiger partial charge is 0.347 e. The van der Waals surface area contributed by atoms with Crippen LogP contribution < -0.4 is 5.32 Å². The Labute approximate surface area is 152 Å². The van der Waals surface area contributed by atoms with Gasteiger partial charge in [0, 0.05) is 16.3 Å². The number of fused-ring (bicyclic) bond motifs is 1. The fourth-order valence-corrected chi connectivity index (χ4v) is 4.13. The summed E-state index contributed by atoms with van der Waals surface area (Å²) in [5.41, 5.74) is 5.40. The molecule has 1 aromatic heterocycles. The smallest absolute Gasteiger partial charge is 0.248 e. The molecule has 2 aliphatic rings. The lowest BCUT2D eigenvalue weighted by Gasteiger charge is -2.15. The number of halogens is 1. The van der Waals surface area contributed by atoms with Crippen molar-refractivity contribution in [2.45, 2.75) is 51.5 Å². The molecule has 0 radical (unpaired) electrons. The van der Waals surface area contributed by atoms with E-state index in [0.717, 1.165) is 66.9 Å². The minimum atomic E-state index is -0.0364. The maximum absolute atomic E-state index is 12.5. The predicted molar refractivity (Wildman–Crippen MR) is 98.8 cm³/mol. The number of para-hydroxylation sites is 1. The second-order valence-electron chi connectivity index (χ2n) is 6.75. The van der Waals surface area contributed by atoms with Crippen LogP contribution in [0.4, 0.5) is 0 Å². The van der Waals surface area contributed by atoms with E-state index in [1.165, 1.54) is 11.3 Å². The molecule has 25 heavy (non-hydrogen) atoms. The monoisotopic (exact) mass is 355 g/mol. The molecule has 0 spiro atoms. The zero-order chi connectivity index (χ0) is 17.2. The van der Waals surface area contributed by atoms with Crippen LogP contribution in [-0.2, 0) is 24.2 Å². The van der Waals surface area contributed by atoms with Crippen LogP contribution in [0, 0.1) is 0 Å². The average Bonchev–Trinajstić information content (AvgIpc) is 3.24. The van der Waals surface area contributed by atoms with E-state index in [4.69, 9.17) is 16.7 Å². The fourth-order valence-electron chi connectivity index (χ4n) is 3.81. The Bertz CT molecular complexity index is 823. The third-order valence-corrected chi connectivity index (χ3v) is 5.52. The van der Waals surface area contributed by atoms with Crippen LogP contribution in [0.2, 0.25) is 0 Å². The van der Waals surface area contributed by atoms with Gasteiger partial charge in [-0.3, -0.25) is 4.79 Å². The Hall–Kier alpha value is -2.07. The van der Waals surface area contributed by atoms with Crippen molar-refractivity contribution >= 4 is 17.5 Å². The van der Waals surface area contributed by atoms with E-state index in [0.29, 0.717) is 6.54 Å². The minimum absolute atomic E-state index is 0.0364. The standard InChI is InChI=1S/C20H22ClN3O/c21-17-11-5-4-9-15(17)20(25)22-13-18-16-10-6-12-19(16)24(23-18)14-7-2-1-3-8-14/h1-3,7-8H,4-6,9-13H2,(H,22,25). The lowest BCUT2D eigenvalue weighted by molar-refractivity contribution is -0.117. The van der Waals surface area contributed by atoms with Gasteiger partial charge in [-0.15, -0.1) is 0 Å². The van der Waals surface area contributed by atoms with Crippen LogP contribution in [0.25, 0.3) is 5.69 Å². The van der Waals surface area contributed by atoms with Crippen molar-refractivity contribution in [1.82, 2.24) is 15.1 Å². The lowest BCUT2D eigenvalue weighted by Crippen LogP contribution is -2.26. The molecule has 4 rings (SSSR count). The van der Waals surface area contributed by atoms with Crippen LogP contribution in [0.1, 0.15) is 49.1 Å². The van der Waals surface area contributed by atoms with E-state index in [2.05, 4.69) is 17.4 Å². The van der Waals surface area contributed by atoms with Gasteiger partial charge in [-0.1, -0.05) is 29.8 Å². The molecule has 0 saturated carbocycles. The van der Waals surface area contributed by atoms with Gasteiger partial charge in [0.25, 0.3) is 0 Å². The molecule has 4 nitrogen and oxygen atoms in total. The van der Waals surface area contributed by atoms with Crippen LogP contribution >= 0.6 is 11.6 Å². The van der Waals surface area contributed by atoms with Crippen molar-refractivity contribution < 1.29 is 4.79 Å². The van der Waals surface area contributed by atoms with Crippen molar-refractivity contribution in [3.05, 3.63) is 57.9 Å². The first-order valence-electron chi connectivity index (χ1n) is 9.05. The number of nitrogens with zero attached hydrogens (tertiary/aromatic N) is 2. The Morgan fingerprint density at radius 2 is 1.88 bits per heavy atom. The highest BCUT2D eigenvalue weighted by molar-refractivity contribution is 6.32. The third-order valence-electron chi connectivity index (χ3n) is 5.11. The molecule has 1 N–H and O–H groups in total. The highest BCUT2D eigenvalue weighted by atomic mass is 35.5. The van der Waals surface area contributed by atoms with Crippen molar-refractivity contribution in [3.63, 3.8) is 0 Å². The second kappa shape index (κ2) is 7.04. The Balaban J connectivity index is 1.55. The number of allylic oxidation sites excluding steroid dienone is 1. The minimum Gasteiger partial charge on any atom is -0.347 e. The lowest BCUT2D eigenvalue weighted by atomic mass is 9.98. The Morgan fingerprint density at radius 3 is 2.68 bits per heavy atom. The first kappa shape index (κ1) is 16.4. The molecule has 130 valence electrons.